The molecule has 0 unspecified atom stereocenters. The van der Waals surface area contributed by atoms with Crippen LogP contribution in [-0.2, 0) is 9.53 Å². The minimum Gasteiger partial charge on any atom is -0.389 e. The highest BCUT2D eigenvalue weighted by Gasteiger charge is 2.30. The number of ether oxygens (including phenoxy) is 1. The molecule has 25 heavy (non-hydrogen) atoms. The molecule has 0 bridgehead atoms. The number of nitrogens with zero attached hydrogens (tertiary/aromatic N) is 4. The van der Waals surface area contributed by atoms with Crippen LogP contribution in [-0.4, -0.2) is 83.3 Å². The van der Waals surface area contributed by atoms with Gasteiger partial charge in [-0.1, -0.05) is 0 Å². The van der Waals surface area contributed by atoms with Crippen LogP contribution >= 0.6 is 0 Å². The lowest BCUT2D eigenvalue weighted by atomic mass is 10.0. The topological polar surface area (TPSA) is 108 Å². The van der Waals surface area contributed by atoms with E-state index < -0.39 is 6.10 Å². The fourth-order valence-corrected chi connectivity index (χ4v) is 3.00. The van der Waals surface area contributed by atoms with E-state index in [2.05, 4.69) is 15.3 Å². The Morgan fingerprint density at radius 2 is 1.92 bits per heavy atom. The van der Waals surface area contributed by atoms with Gasteiger partial charge in [0.15, 0.2) is 0 Å². The van der Waals surface area contributed by atoms with Gasteiger partial charge in [0.25, 0.3) is 5.91 Å². The minimum atomic E-state index is -0.782. The van der Waals surface area contributed by atoms with Gasteiger partial charge in [-0.05, 0) is 6.42 Å². The molecule has 0 radical (unpaired) electrons. The number of piperidine rings is 1. The van der Waals surface area contributed by atoms with E-state index in [-0.39, 0.29) is 24.4 Å². The van der Waals surface area contributed by atoms with Crippen LogP contribution in [0, 0.1) is 0 Å². The molecule has 2 saturated heterocycles. The van der Waals surface area contributed by atoms with Gasteiger partial charge >= 0.3 is 0 Å². The van der Waals surface area contributed by atoms with Gasteiger partial charge in [-0.3, -0.25) is 9.59 Å². The summed E-state index contributed by atoms with van der Waals surface area (Å²) in [6, 6.07) is -0.387. The van der Waals surface area contributed by atoms with E-state index in [9.17, 15) is 14.7 Å². The smallest absolute Gasteiger partial charge is 0.254 e. The first kappa shape index (κ1) is 17.6. The molecule has 2 aliphatic heterocycles. The van der Waals surface area contributed by atoms with E-state index in [0.717, 1.165) is 13.1 Å². The average Bonchev–Trinajstić information content (AvgIpc) is 2.64. The number of carbonyl (C=O) groups excluding carboxylic acids is 2. The second-order valence-corrected chi connectivity index (χ2v) is 6.27. The molecular weight excluding hydrogens is 326 g/mol. The maximum absolute atomic E-state index is 12.3. The SMILES string of the molecule is CC(=O)N1CC[C@@H](NC(=O)c2cnc(N3CCOCC3)nc2)[C@H](O)C1. The Morgan fingerprint density at radius 1 is 1.24 bits per heavy atom. The summed E-state index contributed by atoms with van der Waals surface area (Å²) in [6.45, 7) is 4.96. The minimum absolute atomic E-state index is 0.0732. The fourth-order valence-electron chi connectivity index (χ4n) is 3.00. The summed E-state index contributed by atoms with van der Waals surface area (Å²) in [7, 11) is 0. The molecule has 3 heterocycles. The zero-order chi connectivity index (χ0) is 17.8. The van der Waals surface area contributed by atoms with Crippen molar-refractivity contribution in [3.05, 3.63) is 18.0 Å². The van der Waals surface area contributed by atoms with Crippen molar-refractivity contribution in [1.82, 2.24) is 20.2 Å². The number of anilines is 1. The van der Waals surface area contributed by atoms with Gasteiger partial charge in [-0.2, -0.15) is 0 Å². The number of rotatable bonds is 3. The van der Waals surface area contributed by atoms with Gasteiger partial charge in [0, 0.05) is 45.5 Å². The van der Waals surface area contributed by atoms with Crippen molar-refractivity contribution in [3.63, 3.8) is 0 Å². The Balaban J connectivity index is 1.57. The highest BCUT2D eigenvalue weighted by molar-refractivity contribution is 5.93. The molecular formula is C16H23N5O4. The third-order valence-corrected chi connectivity index (χ3v) is 4.54. The van der Waals surface area contributed by atoms with E-state index in [1.54, 1.807) is 4.90 Å². The molecule has 9 heteroatoms. The number of β-amino-alcohol motifs (C(OH)–C–C–N with tert-alkyl or cyclic N) is 1. The monoisotopic (exact) mass is 349 g/mol. The van der Waals surface area contributed by atoms with E-state index in [0.29, 0.717) is 37.7 Å². The van der Waals surface area contributed by atoms with E-state index in [4.69, 9.17) is 4.74 Å². The lowest BCUT2D eigenvalue weighted by Crippen LogP contribution is -2.55. The van der Waals surface area contributed by atoms with Crippen molar-refractivity contribution in [3.8, 4) is 0 Å². The molecule has 0 aliphatic carbocycles. The van der Waals surface area contributed by atoms with Crippen LogP contribution in [0.1, 0.15) is 23.7 Å². The van der Waals surface area contributed by atoms with Gasteiger partial charge in [-0.15, -0.1) is 0 Å². The highest BCUT2D eigenvalue weighted by atomic mass is 16.5. The van der Waals surface area contributed by atoms with Crippen molar-refractivity contribution in [2.24, 2.45) is 0 Å². The number of carbonyl (C=O) groups is 2. The molecule has 2 amide bonds. The number of morpholine rings is 1. The first-order valence-electron chi connectivity index (χ1n) is 8.44. The van der Waals surface area contributed by atoms with Crippen LogP contribution in [0.2, 0.25) is 0 Å². The molecule has 9 nitrogen and oxygen atoms in total. The molecule has 2 atom stereocenters. The third kappa shape index (κ3) is 4.23. The Morgan fingerprint density at radius 3 is 2.52 bits per heavy atom. The van der Waals surface area contributed by atoms with E-state index in [1.807, 2.05) is 4.90 Å². The Kier molecular flexibility index (Phi) is 5.44. The quantitative estimate of drug-likeness (QED) is 0.722. The normalized spacial score (nSPS) is 24.1. The molecule has 136 valence electrons. The standard InChI is InChI=1S/C16H23N5O4/c1-11(22)21-3-2-13(14(23)10-21)19-15(24)12-8-17-16(18-9-12)20-4-6-25-7-5-20/h8-9,13-14,23H,2-7,10H2,1H3,(H,19,24)/t13-,14-/m1/s1. The van der Waals surface area contributed by atoms with Crippen LogP contribution in [0.15, 0.2) is 12.4 Å². The highest BCUT2D eigenvalue weighted by Crippen LogP contribution is 2.13. The number of hydrogen-bond donors (Lipinski definition) is 2. The second-order valence-electron chi connectivity index (χ2n) is 6.27. The summed E-state index contributed by atoms with van der Waals surface area (Å²) < 4.78 is 5.29. The molecule has 1 aromatic rings. The summed E-state index contributed by atoms with van der Waals surface area (Å²) in [4.78, 5) is 35.8. The number of aliphatic hydroxyl groups is 1. The summed E-state index contributed by atoms with van der Waals surface area (Å²) in [5.41, 5.74) is 0.346. The maximum atomic E-state index is 12.3. The largest absolute Gasteiger partial charge is 0.389 e. The Labute approximate surface area is 146 Å². The summed E-state index contributed by atoms with van der Waals surface area (Å²) >= 11 is 0. The van der Waals surface area contributed by atoms with Crippen LogP contribution in [0.3, 0.4) is 0 Å². The predicted molar refractivity (Wildman–Crippen MR) is 89.2 cm³/mol. The number of hydrogen-bond acceptors (Lipinski definition) is 7. The van der Waals surface area contributed by atoms with Gasteiger partial charge in [-0.25, -0.2) is 9.97 Å². The average molecular weight is 349 g/mol. The predicted octanol–water partition coefficient (Wildman–Crippen LogP) is -0.975. The van der Waals surface area contributed by atoms with Gasteiger partial charge in [0.05, 0.1) is 30.9 Å². The van der Waals surface area contributed by atoms with Crippen molar-refractivity contribution >= 4 is 17.8 Å². The van der Waals surface area contributed by atoms with Crippen LogP contribution in [0.25, 0.3) is 0 Å². The molecule has 1 aromatic heterocycles. The third-order valence-electron chi connectivity index (χ3n) is 4.54. The molecule has 0 spiro atoms. The molecule has 0 saturated carbocycles. The van der Waals surface area contributed by atoms with Gasteiger partial charge in [0.2, 0.25) is 11.9 Å². The zero-order valence-corrected chi connectivity index (χ0v) is 14.2. The van der Waals surface area contributed by atoms with Crippen molar-refractivity contribution in [2.75, 3.05) is 44.3 Å². The summed E-state index contributed by atoms with van der Waals surface area (Å²) in [5.74, 6) is 0.180. The lowest BCUT2D eigenvalue weighted by molar-refractivity contribution is -0.132. The first-order chi connectivity index (χ1) is 12.0. The second kappa shape index (κ2) is 7.75. The molecule has 2 fully saturated rings. The van der Waals surface area contributed by atoms with Crippen LogP contribution in [0.5, 0.6) is 0 Å². The summed E-state index contributed by atoms with van der Waals surface area (Å²) in [6.07, 6.45) is 2.71. The molecule has 2 N–H and O–H groups in total. The molecule has 2 aliphatic rings. The van der Waals surface area contributed by atoms with Crippen molar-refractivity contribution in [1.29, 1.82) is 0 Å². The van der Waals surface area contributed by atoms with Crippen LogP contribution < -0.4 is 10.2 Å². The first-order valence-corrected chi connectivity index (χ1v) is 8.44. The van der Waals surface area contributed by atoms with Crippen molar-refractivity contribution < 1.29 is 19.4 Å². The van der Waals surface area contributed by atoms with Gasteiger partial charge in [0.1, 0.15) is 0 Å². The maximum Gasteiger partial charge on any atom is 0.254 e. The van der Waals surface area contributed by atoms with Gasteiger partial charge < -0.3 is 25.0 Å². The Hall–Kier alpha value is -2.26. The van der Waals surface area contributed by atoms with E-state index >= 15 is 0 Å². The molecule has 0 aromatic carbocycles. The Bertz CT molecular complexity index is 617. The summed E-state index contributed by atoms with van der Waals surface area (Å²) in [5, 5.41) is 12.9. The zero-order valence-electron chi connectivity index (χ0n) is 14.2. The number of likely N-dealkylation sites (tertiary alicyclic amines) is 1. The van der Waals surface area contributed by atoms with Crippen molar-refractivity contribution in [2.45, 2.75) is 25.5 Å². The number of aliphatic hydroxyl groups excluding tert-OH is 1. The fraction of sp³-hybridized carbons (Fsp3) is 0.625. The number of nitrogens with one attached hydrogen (secondary N) is 1. The van der Waals surface area contributed by atoms with Crippen LogP contribution in [0.4, 0.5) is 5.95 Å². The number of aromatic nitrogens is 2. The van der Waals surface area contributed by atoms with E-state index in [1.165, 1.54) is 19.3 Å². The molecule has 3 rings (SSSR count). The lowest BCUT2D eigenvalue weighted by Gasteiger charge is -2.35. The number of amides is 2.